The van der Waals surface area contributed by atoms with E-state index in [1.54, 1.807) is 0 Å². The first-order valence-electron chi connectivity index (χ1n) is 3.09. The van der Waals surface area contributed by atoms with Gasteiger partial charge in [0, 0.05) is 6.07 Å². The highest BCUT2D eigenvalue weighted by molar-refractivity contribution is 5.53. The summed E-state index contributed by atoms with van der Waals surface area (Å²) in [6.07, 6.45) is -1.83. The zero-order valence-electron chi connectivity index (χ0n) is 6.44. The summed E-state index contributed by atoms with van der Waals surface area (Å²) >= 11 is 0. The number of nitrogens with two attached hydrogens (primary N) is 1. The quantitative estimate of drug-likeness (QED) is 0.364. The molecule has 0 heterocycles. The number of nitrogen functional groups attached to an aromatic ring is 1. The van der Waals surface area contributed by atoms with Crippen molar-refractivity contribution in [3.8, 4) is 5.75 Å². The fraction of sp³-hybridized carbons (Fsp3) is 0. The molecular weight excluding hydrogens is 181 g/mol. The predicted octanol–water partition coefficient (Wildman–Crippen LogP) is 1.34. The average molecular weight is 189 g/mol. The minimum atomic E-state index is -1.83. The molecule has 0 bridgehead atoms. The Bertz CT molecular complexity index is 299. The Hall–Kier alpha value is -1.98. The zero-order valence-corrected chi connectivity index (χ0v) is 6.44. The summed E-state index contributed by atoms with van der Waals surface area (Å²) in [5.74, 6) is -0.526. The minimum absolute atomic E-state index is 0.0648. The number of anilines is 1. The van der Waals surface area contributed by atoms with E-state index in [4.69, 9.17) is 25.8 Å². The predicted molar refractivity (Wildman–Crippen MR) is 43.1 cm³/mol. The van der Waals surface area contributed by atoms with Gasteiger partial charge in [0.2, 0.25) is 0 Å². The summed E-state index contributed by atoms with van der Waals surface area (Å²) in [4.78, 5) is 8.56. The van der Waals surface area contributed by atoms with Crippen LogP contribution in [0.3, 0.4) is 0 Å². The number of hydrogen-bond donors (Lipinski definition) is 4. The van der Waals surface area contributed by atoms with Crippen LogP contribution in [0, 0.1) is 5.82 Å². The standard InChI is InChI=1S/C6H6FNO.CH2O3/c7-4-1-2-6(9)5(8)3-4;2-1(3)4/h1-3,9H,8H2;(H2,2,3,4). The largest absolute Gasteiger partial charge is 0.506 e. The van der Waals surface area contributed by atoms with Gasteiger partial charge in [-0.1, -0.05) is 0 Å². The van der Waals surface area contributed by atoms with Crippen molar-refractivity contribution in [2.24, 2.45) is 0 Å². The van der Waals surface area contributed by atoms with E-state index < -0.39 is 12.0 Å². The van der Waals surface area contributed by atoms with Crippen molar-refractivity contribution in [3.63, 3.8) is 0 Å². The average Bonchev–Trinajstić information content (AvgIpc) is 1.96. The van der Waals surface area contributed by atoms with E-state index in [1.807, 2.05) is 0 Å². The number of rotatable bonds is 0. The summed E-state index contributed by atoms with van der Waals surface area (Å²) in [5.41, 5.74) is 5.20. The van der Waals surface area contributed by atoms with Gasteiger partial charge in [0.1, 0.15) is 11.6 Å². The Morgan fingerprint density at radius 2 is 1.85 bits per heavy atom. The molecular formula is C7H8FNO4. The fourth-order valence-electron chi connectivity index (χ4n) is 0.525. The molecule has 0 aliphatic carbocycles. The molecule has 0 aliphatic rings. The van der Waals surface area contributed by atoms with Crippen molar-refractivity contribution < 1.29 is 24.5 Å². The van der Waals surface area contributed by atoms with Gasteiger partial charge in [0.15, 0.2) is 0 Å². The molecule has 72 valence electrons. The molecule has 13 heavy (non-hydrogen) atoms. The number of halogens is 1. The normalized spacial score (nSPS) is 8.38. The molecule has 0 saturated carbocycles. The molecule has 0 saturated heterocycles. The third-order valence-electron chi connectivity index (χ3n) is 0.990. The first-order chi connectivity index (χ1) is 5.93. The molecule has 5 nitrogen and oxygen atoms in total. The molecule has 1 rings (SSSR count). The van der Waals surface area contributed by atoms with Crippen molar-refractivity contribution in [1.29, 1.82) is 0 Å². The van der Waals surface area contributed by atoms with Crippen LogP contribution in [-0.2, 0) is 0 Å². The van der Waals surface area contributed by atoms with Crippen molar-refractivity contribution >= 4 is 11.8 Å². The Morgan fingerprint density at radius 1 is 1.38 bits per heavy atom. The van der Waals surface area contributed by atoms with Crippen LogP contribution < -0.4 is 5.73 Å². The lowest BCUT2D eigenvalue weighted by Gasteiger charge is -1.94. The first kappa shape index (κ1) is 11.0. The second kappa shape index (κ2) is 4.81. The van der Waals surface area contributed by atoms with E-state index in [2.05, 4.69) is 0 Å². The van der Waals surface area contributed by atoms with Crippen LogP contribution in [-0.4, -0.2) is 21.5 Å². The van der Waals surface area contributed by atoms with Gasteiger partial charge in [0.25, 0.3) is 0 Å². The summed E-state index contributed by atoms with van der Waals surface area (Å²) in [7, 11) is 0. The summed E-state index contributed by atoms with van der Waals surface area (Å²) < 4.78 is 12.2. The Labute approximate surface area is 72.9 Å². The van der Waals surface area contributed by atoms with Crippen LogP contribution in [0.25, 0.3) is 0 Å². The van der Waals surface area contributed by atoms with E-state index in [0.29, 0.717) is 0 Å². The van der Waals surface area contributed by atoms with Gasteiger partial charge in [0.05, 0.1) is 5.69 Å². The number of phenols is 1. The van der Waals surface area contributed by atoms with Gasteiger partial charge in [-0.05, 0) is 12.1 Å². The fourth-order valence-corrected chi connectivity index (χ4v) is 0.525. The lowest BCUT2D eigenvalue weighted by atomic mass is 10.3. The molecule has 0 unspecified atom stereocenters. The molecule has 0 amide bonds. The van der Waals surface area contributed by atoms with Crippen LogP contribution in [0.4, 0.5) is 14.9 Å². The van der Waals surface area contributed by atoms with E-state index in [1.165, 1.54) is 6.07 Å². The third-order valence-corrected chi connectivity index (χ3v) is 0.990. The highest BCUT2D eigenvalue weighted by Gasteiger charge is 1.95. The summed E-state index contributed by atoms with van der Waals surface area (Å²) in [6, 6.07) is 3.42. The Morgan fingerprint density at radius 3 is 2.15 bits per heavy atom. The maximum atomic E-state index is 12.2. The second-order valence-corrected chi connectivity index (χ2v) is 1.99. The number of carbonyl (C=O) groups is 1. The van der Waals surface area contributed by atoms with Crippen molar-refractivity contribution in [2.75, 3.05) is 5.73 Å². The molecule has 1 aromatic rings. The highest BCUT2D eigenvalue weighted by atomic mass is 19.1. The minimum Gasteiger partial charge on any atom is -0.506 e. The van der Waals surface area contributed by atoms with Crippen LogP contribution >= 0.6 is 0 Å². The second-order valence-electron chi connectivity index (χ2n) is 1.99. The molecule has 0 atom stereocenters. The topological polar surface area (TPSA) is 104 Å². The molecule has 0 spiro atoms. The van der Waals surface area contributed by atoms with Gasteiger partial charge in [-0.2, -0.15) is 0 Å². The molecule has 6 heteroatoms. The number of benzene rings is 1. The third kappa shape index (κ3) is 5.31. The van der Waals surface area contributed by atoms with E-state index in [0.717, 1.165) is 12.1 Å². The van der Waals surface area contributed by atoms with Gasteiger partial charge in [-0.15, -0.1) is 0 Å². The van der Waals surface area contributed by atoms with Gasteiger partial charge < -0.3 is 21.1 Å². The molecule has 5 N–H and O–H groups in total. The Kier molecular flexibility index (Phi) is 4.08. The van der Waals surface area contributed by atoms with E-state index in [9.17, 15) is 4.39 Å². The molecule has 0 fully saturated rings. The Balaban J connectivity index is 0.000000310. The SMILES string of the molecule is Nc1cc(F)ccc1O.O=C(O)O. The lowest BCUT2D eigenvalue weighted by molar-refractivity contribution is 0.137. The molecule has 0 aromatic heterocycles. The summed E-state index contributed by atoms with van der Waals surface area (Å²) in [6.45, 7) is 0. The van der Waals surface area contributed by atoms with Gasteiger partial charge in [-0.25, -0.2) is 9.18 Å². The van der Waals surface area contributed by atoms with Gasteiger partial charge in [-0.3, -0.25) is 0 Å². The van der Waals surface area contributed by atoms with E-state index >= 15 is 0 Å². The zero-order chi connectivity index (χ0) is 10.4. The lowest BCUT2D eigenvalue weighted by Crippen LogP contribution is -1.85. The van der Waals surface area contributed by atoms with Crippen LogP contribution in [0.1, 0.15) is 0 Å². The summed E-state index contributed by atoms with van der Waals surface area (Å²) in [5, 5.41) is 22.7. The maximum absolute atomic E-state index is 12.2. The van der Waals surface area contributed by atoms with Crippen LogP contribution in [0.5, 0.6) is 5.75 Å². The van der Waals surface area contributed by atoms with E-state index in [-0.39, 0.29) is 11.4 Å². The molecule has 0 radical (unpaired) electrons. The first-order valence-corrected chi connectivity index (χ1v) is 3.09. The number of aromatic hydroxyl groups is 1. The van der Waals surface area contributed by atoms with Crippen molar-refractivity contribution in [2.45, 2.75) is 0 Å². The smallest absolute Gasteiger partial charge is 0.503 e. The monoisotopic (exact) mass is 189 g/mol. The highest BCUT2D eigenvalue weighted by Crippen LogP contribution is 2.18. The van der Waals surface area contributed by atoms with Crippen molar-refractivity contribution in [1.82, 2.24) is 0 Å². The van der Waals surface area contributed by atoms with Crippen LogP contribution in [0.15, 0.2) is 18.2 Å². The number of hydrogen-bond acceptors (Lipinski definition) is 3. The number of carboxylic acid groups (broad SMARTS) is 2. The van der Waals surface area contributed by atoms with Crippen molar-refractivity contribution in [3.05, 3.63) is 24.0 Å². The molecule has 0 aliphatic heterocycles. The molecule has 1 aromatic carbocycles. The number of phenolic OH excluding ortho intramolecular Hbond substituents is 1. The van der Waals surface area contributed by atoms with Gasteiger partial charge >= 0.3 is 6.16 Å². The van der Waals surface area contributed by atoms with Crippen LogP contribution in [0.2, 0.25) is 0 Å². The maximum Gasteiger partial charge on any atom is 0.503 e.